The normalized spacial score (nSPS) is 12.8. The van der Waals surface area contributed by atoms with Crippen LogP contribution in [-0.2, 0) is 20.4 Å². The van der Waals surface area contributed by atoms with E-state index in [4.69, 9.17) is 8.37 Å². The van der Waals surface area contributed by atoms with Gasteiger partial charge < -0.3 is 4.74 Å². The Morgan fingerprint density at radius 1 is 0.558 bits per heavy atom. The molecule has 0 fully saturated rings. The Labute approximate surface area is 249 Å². The first-order valence-electron chi connectivity index (χ1n) is 13.3. The van der Waals surface area contributed by atoms with Crippen molar-refractivity contribution in [2.24, 2.45) is 0 Å². The summed E-state index contributed by atoms with van der Waals surface area (Å²) < 4.78 is 77.8. The maximum Gasteiger partial charge on any atom is 0.524 e. The van der Waals surface area contributed by atoms with Gasteiger partial charge in [0.1, 0.15) is 12.4 Å². The van der Waals surface area contributed by atoms with E-state index in [1.54, 1.807) is 84.9 Å². The fourth-order valence-electron chi connectivity index (χ4n) is 5.06. The van der Waals surface area contributed by atoms with Crippen molar-refractivity contribution in [1.29, 1.82) is 0 Å². The minimum Gasteiger partial charge on any atom is -0.489 e. The van der Waals surface area contributed by atoms with Crippen LogP contribution in [0.25, 0.3) is 21.5 Å². The SMILES string of the molecule is O=S(=O)(OS(c1ccccc1)(c1ccccc1)c1ccc(OCc2cc3ccccc3c3ccccc23)cc1)C(F)(F)F. The summed E-state index contributed by atoms with van der Waals surface area (Å²) in [5.74, 6) is 0.467. The Bertz CT molecular complexity index is 1960. The monoisotopic (exact) mass is 618 g/mol. The molecule has 0 atom stereocenters. The summed E-state index contributed by atoms with van der Waals surface area (Å²) in [4.78, 5) is 0.858. The predicted molar refractivity (Wildman–Crippen MR) is 164 cm³/mol. The van der Waals surface area contributed by atoms with Crippen LogP contribution < -0.4 is 4.74 Å². The first-order chi connectivity index (χ1) is 20.7. The topological polar surface area (TPSA) is 52.6 Å². The van der Waals surface area contributed by atoms with Gasteiger partial charge >= 0.3 is 15.6 Å². The Balaban J connectivity index is 1.40. The molecular weight excluding hydrogens is 593 g/mol. The van der Waals surface area contributed by atoms with Gasteiger partial charge in [-0.3, -0.25) is 0 Å². The van der Waals surface area contributed by atoms with Crippen LogP contribution in [0.3, 0.4) is 0 Å². The zero-order chi connectivity index (χ0) is 30.1. The average Bonchev–Trinajstić information content (AvgIpc) is 3.03. The molecule has 218 valence electrons. The van der Waals surface area contributed by atoms with Gasteiger partial charge in [0, 0.05) is 14.7 Å². The largest absolute Gasteiger partial charge is 0.524 e. The van der Waals surface area contributed by atoms with Crippen molar-refractivity contribution in [3.8, 4) is 5.75 Å². The van der Waals surface area contributed by atoms with E-state index >= 15 is 0 Å². The van der Waals surface area contributed by atoms with Crippen LogP contribution in [-0.4, -0.2) is 13.9 Å². The maximum absolute atomic E-state index is 13.7. The van der Waals surface area contributed by atoms with Gasteiger partial charge in [0.2, 0.25) is 0 Å². The molecule has 0 aliphatic carbocycles. The molecular formula is C34H25F3O4S2. The van der Waals surface area contributed by atoms with Crippen LogP contribution in [0.15, 0.2) is 154 Å². The Hall–Kier alpha value is -4.31. The van der Waals surface area contributed by atoms with E-state index in [1.807, 2.05) is 36.4 Å². The average molecular weight is 619 g/mol. The maximum atomic E-state index is 13.7. The van der Waals surface area contributed by atoms with E-state index in [2.05, 4.69) is 18.2 Å². The van der Waals surface area contributed by atoms with Gasteiger partial charge in [-0.05, 0) is 92.0 Å². The van der Waals surface area contributed by atoms with Crippen LogP contribution in [0.2, 0.25) is 0 Å². The smallest absolute Gasteiger partial charge is 0.489 e. The molecule has 0 bridgehead atoms. The molecule has 43 heavy (non-hydrogen) atoms. The van der Waals surface area contributed by atoms with Gasteiger partial charge in [-0.1, -0.05) is 84.9 Å². The number of halogens is 3. The van der Waals surface area contributed by atoms with Crippen LogP contribution in [0.4, 0.5) is 13.2 Å². The lowest BCUT2D eigenvalue weighted by atomic mass is 9.98. The molecule has 6 aromatic carbocycles. The fraction of sp³-hybridized carbons (Fsp3) is 0.0588. The highest BCUT2D eigenvalue weighted by Crippen LogP contribution is 2.70. The lowest BCUT2D eigenvalue weighted by Gasteiger charge is -2.39. The molecule has 0 aromatic heterocycles. The number of ether oxygens (including phenoxy) is 1. The van der Waals surface area contributed by atoms with Gasteiger partial charge in [-0.25, -0.2) is 0 Å². The number of benzene rings is 6. The third kappa shape index (κ3) is 5.47. The molecule has 9 heteroatoms. The van der Waals surface area contributed by atoms with Gasteiger partial charge in [-0.15, -0.1) is 0 Å². The van der Waals surface area contributed by atoms with Crippen LogP contribution in [0.5, 0.6) is 5.75 Å². The van der Waals surface area contributed by atoms with Crippen molar-refractivity contribution in [1.82, 2.24) is 0 Å². The van der Waals surface area contributed by atoms with Gasteiger partial charge in [0.25, 0.3) is 0 Å². The molecule has 0 N–H and O–H groups in total. The van der Waals surface area contributed by atoms with Crippen LogP contribution >= 0.6 is 10.3 Å². The number of fused-ring (bicyclic) bond motifs is 3. The fourth-order valence-corrected chi connectivity index (χ4v) is 9.81. The highest BCUT2D eigenvalue weighted by Gasteiger charge is 2.52. The van der Waals surface area contributed by atoms with Crippen LogP contribution in [0, 0.1) is 0 Å². The second kappa shape index (κ2) is 11.4. The molecule has 4 nitrogen and oxygen atoms in total. The molecule has 0 aliphatic heterocycles. The lowest BCUT2D eigenvalue weighted by molar-refractivity contribution is -0.0496. The Kier molecular flexibility index (Phi) is 7.64. The van der Waals surface area contributed by atoms with Crippen molar-refractivity contribution >= 4 is 42.0 Å². The molecule has 6 rings (SSSR count). The van der Waals surface area contributed by atoms with E-state index < -0.39 is 25.9 Å². The van der Waals surface area contributed by atoms with E-state index in [9.17, 15) is 21.6 Å². The first kappa shape index (κ1) is 28.8. The summed E-state index contributed by atoms with van der Waals surface area (Å²) in [7, 11) is -9.36. The molecule has 0 unspecified atom stereocenters. The predicted octanol–water partition coefficient (Wildman–Crippen LogP) is 9.63. The summed E-state index contributed by atoms with van der Waals surface area (Å²) >= 11 is 0. The van der Waals surface area contributed by atoms with Crippen LogP contribution in [0.1, 0.15) is 5.56 Å². The summed E-state index contributed by atoms with van der Waals surface area (Å²) in [5.41, 5.74) is -4.63. The Morgan fingerprint density at radius 3 is 1.63 bits per heavy atom. The summed E-state index contributed by atoms with van der Waals surface area (Å²) in [6.07, 6.45) is 0. The van der Waals surface area contributed by atoms with Gasteiger partial charge in [0.05, 0.1) is 0 Å². The molecule has 0 amide bonds. The number of hydrogen-bond acceptors (Lipinski definition) is 4. The lowest BCUT2D eigenvalue weighted by Crippen LogP contribution is -2.27. The van der Waals surface area contributed by atoms with E-state index in [0.717, 1.165) is 27.1 Å². The summed E-state index contributed by atoms with van der Waals surface area (Å²) in [6, 6.07) is 40.9. The molecule has 0 saturated heterocycles. The Morgan fingerprint density at radius 2 is 1.05 bits per heavy atom. The molecule has 0 radical (unpaired) electrons. The standard InChI is InChI=1S/C34H25F3O4S2/c35-34(36,37)43(38,39)41-42(28-12-3-1-4-13-28,29-14-5-2-6-15-29)30-21-19-27(20-22-30)40-24-26-23-25-11-7-8-16-31(25)33-18-10-9-17-32(26)33/h1-23H,24H2. The van der Waals surface area contributed by atoms with E-state index in [1.165, 1.54) is 0 Å². The number of alkyl halides is 3. The van der Waals surface area contributed by atoms with E-state index in [-0.39, 0.29) is 11.5 Å². The number of hydrogen-bond donors (Lipinski definition) is 0. The van der Waals surface area contributed by atoms with Crippen molar-refractivity contribution in [2.75, 3.05) is 0 Å². The van der Waals surface area contributed by atoms with Gasteiger partial charge in [-0.2, -0.15) is 25.2 Å². The highest BCUT2D eigenvalue weighted by atomic mass is 32.3. The molecule has 6 aromatic rings. The number of rotatable bonds is 8. The molecule has 0 saturated carbocycles. The molecule has 0 heterocycles. The summed E-state index contributed by atoms with van der Waals surface area (Å²) in [6.45, 7) is 0.249. The molecule has 0 spiro atoms. The van der Waals surface area contributed by atoms with Crippen molar-refractivity contribution < 1.29 is 30.0 Å². The zero-order valence-electron chi connectivity index (χ0n) is 22.6. The quantitative estimate of drug-likeness (QED) is 0.126. The zero-order valence-corrected chi connectivity index (χ0v) is 24.2. The minimum absolute atomic E-state index is 0.249. The third-order valence-electron chi connectivity index (χ3n) is 7.03. The first-order valence-corrected chi connectivity index (χ1v) is 16.2. The molecule has 0 aliphatic rings. The second-order valence-corrected chi connectivity index (χ2v) is 14.2. The second-order valence-electron chi connectivity index (χ2n) is 9.71. The highest BCUT2D eigenvalue weighted by molar-refractivity contribution is 8.33. The third-order valence-corrected chi connectivity index (χ3v) is 11.9. The van der Waals surface area contributed by atoms with Crippen molar-refractivity contribution in [2.45, 2.75) is 26.8 Å². The van der Waals surface area contributed by atoms with Crippen molar-refractivity contribution in [3.05, 3.63) is 145 Å². The van der Waals surface area contributed by atoms with Gasteiger partial charge in [0.15, 0.2) is 0 Å². The van der Waals surface area contributed by atoms with Crippen molar-refractivity contribution in [3.63, 3.8) is 0 Å². The van der Waals surface area contributed by atoms with E-state index in [0.29, 0.717) is 15.5 Å². The minimum atomic E-state index is -5.99. The summed E-state index contributed by atoms with van der Waals surface area (Å²) in [5, 5.41) is 4.38.